The summed E-state index contributed by atoms with van der Waals surface area (Å²) in [5.41, 5.74) is 3.60. The third kappa shape index (κ3) is 2.43. The first kappa shape index (κ1) is 10.3. The Bertz CT molecular complexity index is 448. The molecule has 0 unspecified atom stereocenters. The third-order valence-corrected chi connectivity index (χ3v) is 3.17. The molecule has 3 heteroatoms. The molecule has 2 aromatic rings. The SMILES string of the molecule is CNCc1cc(-c2ccnc(C)c2)cs1. The maximum Gasteiger partial charge on any atom is 0.0378 e. The Labute approximate surface area is 94.0 Å². The largest absolute Gasteiger partial charge is 0.315 e. The van der Waals surface area contributed by atoms with Gasteiger partial charge in [-0.15, -0.1) is 11.3 Å². The fourth-order valence-corrected chi connectivity index (χ4v) is 2.43. The molecule has 0 amide bonds. The average molecular weight is 218 g/mol. The molecule has 0 aliphatic rings. The molecule has 0 atom stereocenters. The second-order valence-electron chi connectivity index (χ2n) is 3.52. The number of hydrogen-bond donors (Lipinski definition) is 1. The minimum atomic E-state index is 0.939. The smallest absolute Gasteiger partial charge is 0.0378 e. The van der Waals surface area contributed by atoms with Gasteiger partial charge in [-0.2, -0.15) is 0 Å². The van der Waals surface area contributed by atoms with Crippen molar-refractivity contribution in [2.24, 2.45) is 0 Å². The topological polar surface area (TPSA) is 24.9 Å². The van der Waals surface area contributed by atoms with Crippen molar-refractivity contribution in [1.82, 2.24) is 10.3 Å². The summed E-state index contributed by atoms with van der Waals surface area (Å²) in [6, 6.07) is 6.40. The van der Waals surface area contributed by atoms with Gasteiger partial charge in [0.1, 0.15) is 0 Å². The van der Waals surface area contributed by atoms with Crippen LogP contribution in [0, 0.1) is 6.92 Å². The van der Waals surface area contributed by atoms with Gasteiger partial charge in [-0.25, -0.2) is 0 Å². The summed E-state index contributed by atoms with van der Waals surface area (Å²) >= 11 is 1.79. The van der Waals surface area contributed by atoms with E-state index in [0.717, 1.165) is 12.2 Å². The number of nitrogens with zero attached hydrogens (tertiary/aromatic N) is 1. The molecule has 15 heavy (non-hydrogen) atoms. The lowest BCUT2D eigenvalue weighted by molar-refractivity contribution is 0.831. The number of aromatic nitrogens is 1. The van der Waals surface area contributed by atoms with Crippen LogP contribution in [-0.2, 0) is 6.54 Å². The van der Waals surface area contributed by atoms with E-state index in [-0.39, 0.29) is 0 Å². The van der Waals surface area contributed by atoms with E-state index < -0.39 is 0 Å². The van der Waals surface area contributed by atoms with Gasteiger partial charge in [0.25, 0.3) is 0 Å². The van der Waals surface area contributed by atoms with Gasteiger partial charge in [0.15, 0.2) is 0 Å². The average Bonchev–Trinajstić information content (AvgIpc) is 2.67. The maximum atomic E-state index is 4.20. The van der Waals surface area contributed by atoms with E-state index in [2.05, 4.69) is 33.9 Å². The van der Waals surface area contributed by atoms with Crippen LogP contribution < -0.4 is 5.32 Å². The number of thiophene rings is 1. The fourth-order valence-electron chi connectivity index (χ4n) is 1.52. The van der Waals surface area contributed by atoms with E-state index in [0.29, 0.717) is 0 Å². The Hall–Kier alpha value is -1.19. The van der Waals surface area contributed by atoms with Crippen molar-refractivity contribution < 1.29 is 0 Å². The zero-order chi connectivity index (χ0) is 10.7. The zero-order valence-electron chi connectivity index (χ0n) is 8.95. The molecule has 2 nitrogen and oxygen atoms in total. The summed E-state index contributed by atoms with van der Waals surface area (Å²) in [6.45, 7) is 2.96. The monoisotopic (exact) mass is 218 g/mol. The van der Waals surface area contributed by atoms with Crippen molar-refractivity contribution in [2.75, 3.05) is 7.05 Å². The van der Waals surface area contributed by atoms with Crippen LogP contribution in [0.4, 0.5) is 0 Å². The van der Waals surface area contributed by atoms with Gasteiger partial charge in [0.05, 0.1) is 0 Å². The lowest BCUT2D eigenvalue weighted by Crippen LogP contribution is -2.02. The van der Waals surface area contributed by atoms with Gasteiger partial charge < -0.3 is 5.32 Å². The molecule has 0 spiro atoms. The van der Waals surface area contributed by atoms with Crippen molar-refractivity contribution in [1.29, 1.82) is 0 Å². The van der Waals surface area contributed by atoms with Gasteiger partial charge in [0, 0.05) is 23.3 Å². The molecule has 0 aliphatic carbocycles. The van der Waals surface area contributed by atoms with Crippen LogP contribution >= 0.6 is 11.3 Å². The normalized spacial score (nSPS) is 10.5. The van der Waals surface area contributed by atoms with E-state index in [9.17, 15) is 0 Å². The van der Waals surface area contributed by atoms with Gasteiger partial charge >= 0.3 is 0 Å². The number of hydrogen-bond acceptors (Lipinski definition) is 3. The van der Waals surface area contributed by atoms with Crippen LogP contribution in [0.15, 0.2) is 29.8 Å². The van der Waals surface area contributed by atoms with Gasteiger partial charge in [-0.1, -0.05) is 0 Å². The molecule has 0 bridgehead atoms. The predicted molar refractivity (Wildman–Crippen MR) is 65.1 cm³/mol. The van der Waals surface area contributed by atoms with E-state index in [4.69, 9.17) is 0 Å². The molecule has 78 valence electrons. The summed E-state index contributed by atoms with van der Waals surface area (Å²) in [7, 11) is 1.97. The molecule has 0 aliphatic heterocycles. The van der Waals surface area contributed by atoms with E-state index in [1.165, 1.54) is 16.0 Å². The van der Waals surface area contributed by atoms with Crippen LogP contribution in [0.3, 0.4) is 0 Å². The molecule has 2 rings (SSSR count). The number of nitrogens with one attached hydrogen (secondary N) is 1. The second kappa shape index (κ2) is 4.55. The van der Waals surface area contributed by atoms with Gasteiger partial charge in [-0.05, 0) is 48.7 Å². The summed E-state index contributed by atoms with van der Waals surface area (Å²) in [5, 5.41) is 5.35. The second-order valence-corrected chi connectivity index (χ2v) is 4.51. The molecule has 1 N–H and O–H groups in total. The molecule has 2 aromatic heterocycles. The minimum absolute atomic E-state index is 0.939. The van der Waals surface area contributed by atoms with Gasteiger partial charge in [0.2, 0.25) is 0 Å². The Balaban J connectivity index is 2.29. The fraction of sp³-hybridized carbons (Fsp3) is 0.250. The van der Waals surface area contributed by atoms with Crippen molar-refractivity contribution in [3.63, 3.8) is 0 Å². The summed E-state index contributed by atoms with van der Waals surface area (Å²) < 4.78 is 0. The Morgan fingerprint density at radius 1 is 1.33 bits per heavy atom. The zero-order valence-corrected chi connectivity index (χ0v) is 9.77. The lowest BCUT2D eigenvalue weighted by Gasteiger charge is -1.98. The van der Waals surface area contributed by atoms with Crippen molar-refractivity contribution >= 4 is 11.3 Å². The molecular formula is C12H14N2S. The first-order valence-electron chi connectivity index (χ1n) is 4.94. The van der Waals surface area contributed by atoms with Crippen LogP contribution in [0.2, 0.25) is 0 Å². The van der Waals surface area contributed by atoms with Gasteiger partial charge in [-0.3, -0.25) is 4.98 Å². The first-order chi connectivity index (χ1) is 7.29. The maximum absolute atomic E-state index is 4.20. The van der Waals surface area contributed by atoms with Crippen molar-refractivity contribution in [3.8, 4) is 11.1 Å². The molecule has 0 saturated carbocycles. The molecule has 2 heterocycles. The molecule has 0 saturated heterocycles. The van der Waals surface area contributed by atoms with Crippen molar-refractivity contribution in [2.45, 2.75) is 13.5 Å². The van der Waals surface area contributed by atoms with Crippen LogP contribution in [0.5, 0.6) is 0 Å². The highest BCUT2D eigenvalue weighted by Gasteiger charge is 2.02. The van der Waals surface area contributed by atoms with Crippen molar-refractivity contribution in [3.05, 3.63) is 40.3 Å². The van der Waals surface area contributed by atoms with Crippen LogP contribution in [0.25, 0.3) is 11.1 Å². The Morgan fingerprint density at radius 3 is 2.93 bits per heavy atom. The highest BCUT2D eigenvalue weighted by atomic mass is 32.1. The molecular weight excluding hydrogens is 204 g/mol. The summed E-state index contributed by atoms with van der Waals surface area (Å²) in [4.78, 5) is 5.56. The highest BCUT2D eigenvalue weighted by Crippen LogP contribution is 2.25. The third-order valence-electron chi connectivity index (χ3n) is 2.23. The molecule has 0 aromatic carbocycles. The quantitative estimate of drug-likeness (QED) is 0.857. The van der Waals surface area contributed by atoms with E-state index in [1.54, 1.807) is 11.3 Å². The van der Waals surface area contributed by atoms with Crippen LogP contribution in [0.1, 0.15) is 10.6 Å². The molecule has 0 fully saturated rings. The predicted octanol–water partition coefficient (Wildman–Crippen LogP) is 2.84. The van der Waals surface area contributed by atoms with Crippen LogP contribution in [-0.4, -0.2) is 12.0 Å². The molecule has 0 radical (unpaired) electrons. The Kier molecular flexibility index (Phi) is 3.14. The first-order valence-corrected chi connectivity index (χ1v) is 5.82. The summed E-state index contributed by atoms with van der Waals surface area (Å²) in [5.74, 6) is 0. The number of rotatable bonds is 3. The number of pyridine rings is 1. The van der Waals surface area contributed by atoms with E-state index >= 15 is 0 Å². The minimum Gasteiger partial charge on any atom is -0.315 e. The Morgan fingerprint density at radius 2 is 2.20 bits per heavy atom. The van der Waals surface area contributed by atoms with E-state index in [1.807, 2.05) is 20.2 Å². The lowest BCUT2D eigenvalue weighted by atomic mass is 10.1. The summed E-state index contributed by atoms with van der Waals surface area (Å²) in [6.07, 6.45) is 1.86. The highest BCUT2D eigenvalue weighted by molar-refractivity contribution is 7.10. The number of aryl methyl sites for hydroxylation is 1. The standard InChI is InChI=1S/C12H14N2S/c1-9-5-10(3-4-14-9)11-6-12(7-13-2)15-8-11/h3-6,8,13H,7H2,1-2H3.